The molecule has 0 aromatic heterocycles. The number of carbonyl (C=O) groups is 3. The Balaban J connectivity index is 0.000000207. The van der Waals surface area contributed by atoms with Crippen molar-refractivity contribution < 1.29 is 31.9 Å². The van der Waals surface area contributed by atoms with E-state index < -0.39 is 6.10 Å². The smallest absolute Gasteiger partial charge is 1.00 e. The summed E-state index contributed by atoms with van der Waals surface area (Å²) >= 11 is 40.1. The maximum atomic E-state index is 13.5. The summed E-state index contributed by atoms with van der Waals surface area (Å²) < 4.78 is 0. The van der Waals surface area contributed by atoms with Gasteiger partial charge in [-0.25, -0.2) is 9.59 Å². The third-order valence-electron chi connectivity index (χ3n) is 16.7. The Hall–Kier alpha value is -3.87. The van der Waals surface area contributed by atoms with Gasteiger partial charge in [0.05, 0.1) is 48.9 Å². The van der Waals surface area contributed by atoms with Gasteiger partial charge < -0.3 is 35.6 Å². The molecule has 4 fully saturated rings. The molecule has 4 bridgehead atoms. The Morgan fingerprint density at radius 1 is 0.549 bits per heavy atom. The molecule has 6 heterocycles. The van der Waals surface area contributed by atoms with Gasteiger partial charge in [0.25, 0.3) is 0 Å². The third-order valence-corrected chi connectivity index (χ3v) is 18.5. The van der Waals surface area contributed by atoms with Crippen molar-refractivity contribution >= 4 is 134 Å². The molecule has 6 aliphatic rings. The molecular weight excluding hydrogens is 1190 g/mol. The normalized spacial score (nSPS) is 20.6. The van der Waals surface area contributed by atoms with Gasteiger partial charge in [0.15, 0.2) is 0 Å². The number of hydrogen-bond donors (Lipinski definition) is 3. The number of aliphatic hydroxyl groups excluding tert-OH is 1. The predicted octanol–water partition coefficient (Wildman–Crippen LogP) is 11.6. The number of rotatable bonds is 12. The van der Waals surface area contributed by atoms with E-state index in [0.717, 1.165) is 89.5 Å². The van der Waals surface area contributed by atoms with Crippen molar-refractivity contribution in [2.45, 2.75) is 116 Å². The molecule has 20 heteroatoms. The molecular formula is C62H65Cl7MgN8O4. The summed E-state index contributed by atoms with van der Waals surface area (Å²) in [6.45, 7) is 17.2. The summed E-state index contributed by atoms with van der Waals surface area (Å²) in [5, 5.41) is 18.4. The van der Waals surface area contributed by atoms with Crippen LogP contribution in [-0.2, 0) is 26.2 Å². The van der Waals surface area contributed by atoms with Gasteiger partial charge in [-0.1, -0.05) is 106 Å². The van der Waals surface area contributed by atoms with Crippen molar-refractivity contribution in [2.75, 3.05) is 36.0 Å². The number of nitrogens with one attached hydrogen (secondary N) is 2. The molecule has 3 N–H and O–H groups in total. The Morgan fingerprint density at radius 3 is 1.28 bits per heavy atom. The first kappa shape index (κ1) is 64.1. The first-order chi connectivity index (χ1) is 37.9. The number of halogens is 7. The first-order valence-corrected chi connectivity index (χ1v) is 29.2. The molecule has 0 aliphatic carbocycles. The summed E-state index contributed by atoms with van der Waals surface area (Å²) in [4.78, 5) is 51.6. The molecule has 6 aromatic rings. The number of benzene rings is 6. The van der Waals surface area contributed by atoms with Crippen molar-refractivity contribution in [3.8, 4) is 22.3 Å². The van der Waals surface area contributed by atoms with Gasteiger partial charge >= 0.3 is 35.1 Å². The molecule has 428 valence electrons. The third kappa shape index (κ3) is 12.4. The Labute approximate surface area is 533 Å². The number of carbonyl (C=O) groups excluding carboxylic acids is 3. The van der Waals surface area contributed by atoms with Crippen LogP contribution in [0.15, 0.2) is 97.1 Å². The van der Waals surface area contributed by atoms with Gasteiger partial charge in [0.1, 0.15) is 6.29 Å². The van der Waals surface area contributed by atoms with E-state index in [-0.39, 0.29) is 65.0 Å². The van der Waals surface area contributed by atoms with Gasteiger partial charge in [0.2, 0.25) is 0 Å². The van der Waals surface area contributed by atoms with Crippen LogP contribution in [0.25, 0.3) is 22.3 Å². The van der Waals surface area contributed by atoms with Crippen molar-refractivity contribution in [1.82, 2.24) is 30.2 Å². The number of likely N-dealkylation sites (tertiary alicyclic amines) is 4. The number of aldehydes is 1. The fourth-order valence-corrected chi connectivity index (χ4v) is 14.8. The molecule has 0 spiro atoms. The minimum atomic E-state index is -0.743. The maximum absolute atomic E-state index is 13.5. The molecule has 12 nitrogen and oxygen atoms in total. The number of piperazine rings is 2. The van der Waals surface area contributed by atoms with Gasteiger partial charge in [-0.3, -0.25) is 34.2 Å². The number of aliphatic hydroxyl groups is 1. The van der Waals surface area contributed by atoms with E-state index in [9.17, 15) is 19.5 Å². The quantitative estimate of drug-likeness (QED) is 0.0631. The number of urea groups is 2. The average Bonchev–Trinajstić information content (AvgIpc) is 4.26. The van der Waals surface area contributed by atoms with E-state index in [0.29, 0.717) is 104 Å². The van der Waals surface area contributed by atoms with Crippen LogP contribution in [0.3, 0.4) is 0 Å². The summed E-state index contributed by atoms with van der Waals surface area (Å²) in [6, 6.07) is 33.1. The van der Waals surface area contributed by atoms with E-state index in [4.69, 9.17) is 69.6 Å². The van der Waals surface area contributed by atoms with Crippen molar-refractivity contribution in [3.63, 3.8) is 0 Å². The first-order valence-electron chi connectivity index (χ1n) is 26.9. The molecule has 4 saturated heterocycles. The Kier molecular flexibility index (Phi) is 20.6. The average molecular weight is 1260 g/mol. The van der Waals surface area contributed by atoms with E-state index in [1.165, 1.54) is 29.9 Å². The molecule has 0 saturated carbocycles. The van der Waals surface area contributed by atoms with Gasteiger partial charge in [-0.2, -0.15) is 0 Å². The van der Waals surface area contributed by atoms with Crippen LogP contribution in [-0.4, -0.2) is 129 Å². The number of nitrogens with zero attached hydrogens (tertiary/aromatic N) is 6. The summed E-state index contributed by atoms with van der Waals surface area (Å²) in [7, 11) is 0. The van der Waals surface area contributed by atoms with Crippen LogP contribution < -0.4 is 32.8 Å². The summed E-state index contributed by atoms with van der Waals surface area (Å²) in [6.07, 6.45) is 2.32. The topological polar surface area (TPSA) is 115 Å². The van der Waals surface area contributed by atoms with Crippen LogP contribution in [0.5, 0.6) is 0 Å². The molecule has 4 amide bonds. The zero-order valence-corrected chi connectivity index (χ0v) is 53.3. The minimum absolute atomic E-state index is 0. The van der Waals surface area contributed by atoms with Crippen LogP contribution in [0, 0.1) is 7.43 Å². The fraction of sp³-hybridized carbons (Fsp3) is 0.355. The second-order valence-electron chi connectivity index (χ2n) is 22.2. The number of hydrogen-bond acceptors (Lipinski definition) is 8. The van der Waals surface area contributed by atoms with Crippen LogP contribution in [0.2, 0.25) is 30.1 Å². The van der Waals surface area contributed by atoms with Crippen LogP contribution in [0.4, 0.5) is 32.3 Å². The molecule has 82 heavy (non-hydrogen) atoms. The standard InChI is InChI=1S/C31H33Cl3N4O2.C30H29Cl3N4O2.CH3.ClH.Mg/c1-17(2)37-16-21-12-22(37)15-36(21)14-19-8-24(23-6-4-5-7-26(23)32)25-13-35-31(40)38(29(25)9-19)30-27(33)10-20(18(3)39)11-28(30)34;1-17(2)36-15-20-11-21(36)14-35(20)13-18-7-23(22-5-3-4-6-25(22)31)24-12-34-30(39)37(28(24)10-18)29-26(32)8-19(16-38)9-27(29)33;;;/h4-11,17-18,21-22,39H,12-16H2,1-3H3,(H,35,40);3-10,16-17,20-21H,11-15H2,1-2H3,(H,34,39);1H3;1H;/q;;-1;;+2/p-1. The number of amides is 4. The molecule has 6 aliphatic heterocycles. The minimum Gasteiger partial charge on any atom is -1.00 e. The molecule has 5 unspecified atom stereocenters. The molecule has 0 radical (unpaired) electrons. The van der Waals surface area contributed by atoms with E-state index in [1.54, 1.807) is 24.0 Å². The molecule has 12 rings (SSSR count). The van der Waals surface area contributed by atoms with Crippen molar-refractivity contribution in [2.24, 2.45) is 0 Å². The van der Waals surface area contributed by atoms with Crippen LogP contribution >= 0.6 is 69.6 Å². The maximum Gasteiger partial charge on any atom is 2.00 e. The van der Waals surface area contributed by atoms with E-state index >= 15 is 0 Å². The molecule has 5 atom stereocenters. The summed E-state index contributed by atoms with van der Waals surface area (Å²) in [5.41, 5.74) is 10.9. The largest absolute Gasteiger partial charge is 2.00 e. The Morgan fingerprint density at radius 2 is 0.939 bits per heavy atom. The summed E-state index contributed by atoms with van der Waals surface area (Å²) in [5.74, 6) is 0. The van der Waals surface area contributed by atoms with Gasteiger partial charge in [-0.15, -0.1) is 0 Å². The molecule has 6 aromatic carbocycles. The van der Waals surface area contributed by atoms with E-state index in [1.807, 2.05) is 48.5 Å². The number of fused-ring (bicyclic) bond motifs is 6. The fourth-order valence-electron chi connectivity index (χ4n) is 13.0. The van der Waals surface area contributed by atoms with Gasteiger partial charge in [0, 0.05) is 126 Å². The van der Waals surface area contributed by atoms with Gasteiger partial charge in [-0.05, 0) is 136 Å². The SMILES string of the molecule is CC(C)N1CC2CC1CN2Cc1cc(-c2ccccc2Cl)c2c(c1)N(c1c(Cl)cc(C=O)cc1Cl)C(=O)NC2.CC(O)c1cc(Cl)c(N2C(=O)NCc3c(-c4ccccc4Cl)cc(CN4CC5CC4CN5C(C)C)cc32)c(Cl)c1.[CH3-].[Cl-].[Mg+2]. The zero-order chi connectivity index (χ0) is 55.7. The predicted molar refractivity (Wildman–Crippen MR) is 333 cm³/mol. The monoisotopic (exact) mass is 1250 g/mol. The van der Waals surface area contributed by atoms with Crippen molar-refractivity contribution in [1.29, 1.82) is 0 Å². The van der Waals surface area contributed by atoms with Crippen molar-refractivity contribution in [3.05, 3.63) is 168 Å². The zero-order valence-electron chi connectivity index (χ0n) is 46.6. The van der Waals surface area contributed by atoms with Crippen LogP contribution in [0.1, 0.15) is 91.7 Å². The second-order valence-corrected chi connectivity index (χ2v) is 24.7. The Bertz CT molecular complexity index is 3360. The number of anilines is 4. The second kappa shape index (κ2) is 26.4. The van der Waals surface area contributed by atoms with E-state index in [2.05, 4.69) is 82.2 Å².